The summed E-state index contributed by atoms with van der Waals surface area (Å²) in [4.78, 5) is 52.0. The van der Waals surface area contributed by atoms with Crippen molar-refractivity contribution in [1.29, 1.82) is 0 Å². The Balaban J connectivity index is 1.81. The van der Waals surface area contributed by atoms with Gasteiger partial charge in [0, 0.05) is 29.1 Å². The van der Waals surface area contributed by atoms with Crippen molar-refractivity contribution in [2.45, 2.75) is 116 Å². The average Bonchev–Trinajstić information content (AvgIpc) is 3.24. The standard InChI is InChI=1S/C49H65ClN2O8/c1-5-7-8-9-10-11-12-13-14-15-16-17-18-19-20-21-22-23-24-27-44(55)52-49(38-53,47(58)59-37-6-2)43(54)26-25-36-51-46(57)48(3,4)60-42-34-30-40(31-35-42)45(56)39-28-32-41(50)33-29-39/h7-8,10-11,13-14,16-17,19-20,22-23,28-35,43,53-54H,5-6,9,12,15,18,21,24-27,36-38H2,1-4H3,(H,51,57)(H,52,55)/b8-7-,11-10-,14-13-,17-16-,20-19-,23-22-. The van der Waals surface area contributed by atoms with Crippen molar-refractivity contribution in [1.82, 2.24) is 10.6 Å². The number of allylic oxidation sites excluding steroid dienone is 12. The summed E-state index contributed by atoms with van der Waals surface area (Å²) in [6.07, 6.45) is 30.3. The predicted octanol–water partition coefficient (Wildman–Crippen LogP) is 9.26. The summed E-state index contributed by atoms with van der Waals surface area (Å²) in [5.74, 6) is -1.68. The number of amides is 2. The summed E-state index contributed by atoms with van der Waals surface area (Å²) in [5.41, 5.74) is -2.43. The monoisotopic (exact) mass is 844 g/mol. The molecular formula is C49H65ClN2O8. The van der Waals surface area contributed by atoms with Gasteiger partial charge in [0.1, 0.15) is 5.75 Å². The van der Waals surface area contributed by atoms with Gasteiger partial charge in [-0.15, -0.1) is 0 Å². The quantitative estimate of drug-likeness (QED) is 0.0274. The zero-order valence-electron chi connectivity index (χ0n) is 35.7. The predicted molar refractivity (Wildman–Crippen MR) is 241 cm³/mol. The Morgan fingerprint density at radius 3 is 1.75 bits per heavy atom. The van der Waals surface area contributed by atoms with Gasteiger partial charge in [-0.2, -0.15) is 0 Å². The fourth-order valence-corrected chi connectivity index (χ4v) is 5.83. The van der Waals surface area contributed by atoms with E-state index in [-0.39, 0.29) is 38.2 Å². The molecule has 2 aromatic rings. The third-order valence-electron chi connectivity index (χ3n) is 9.20. The van der Waals surface area contributed by atoms with Crippen molar-refractivity contribution in [3.8, 4) is 5.75 Å². The lowest BCUT2D eigenvalue weighted by Gasteiger charge is -2.35. The first-order valence-corrected chi connectivity index (χ1v) is 21.3. The second kappa shape index (κ2) is 29.2. The van der Waals surface area contributed by atoms with E-state index in [2.05, 4.69) is 78.3 Å². The van der Waals surface area contributed by atoms with Crippen LogP contribution in [0.2, 0.25) is 5.02 Å². The summed E-state index contributed by atoms with van der Waals surface area (Å²) >= 11 is 5.93. The van der Waals surface area contributed by atoms with Crippen LogP contribution in [0.1, 0.15) is 114 Å². The van der Waals surface area contributed by atoms with E-state index in [1.54, 1.807) is 62.4 Å². The number of hydrogen-bond donors (Lipinski definition) is 4. The van der Waals surface area contributed by atoms with Gasteiger partial charge in [0.2, 0.25) is 5.91 Å². The number of nitrogens with one attached hydrogen (secondary N) is 2. The Morgan fingerprint density at radius 2 is 1.25 bits per heavy atom. The smallest absolute Gasteiger partial charge is 0.337 e. The van der Waals surface area contributed by atoms with E-state index in [1.807, 2.05) is 19.1 Å². The number of hydrogen-bond acceptors (Lipinski definition) is 8. The van der Waals surface area contributed by atoms with Crippen molar-refractivity contribution < 1.29 is 38.9 Å². The molecule has 2 atom stereocenters. The minimum absolute atomic E-state index is 0.0320. The number of aliphatic hydroxyl groups is 2. The van der Waals surface area contributed by atoms with E-state index in [4.69, 9.17) is 21.1 Å². The molecule has 2 unspecified atom stereocenters. The van der Waals surface area contributed by atoms with Crippen LogP contribution >= 0.6 is 11.6 Å². The first-order valence-electron chi connectivity index (χ1n) is 20.9. The Kier molecular flexibility index (Phi) is 24.9. The van der Waals surface area contributed by atoms with Crippen LogP contribution in [-0.2, 0) is 19.1 Å². The lowest BCUT2D eigenvalue weighted by molar-refractivity contribution is -0.163. The first kappa shape index (κ1) is 51.1. The van der Waals surface area contributed by atoms with Crippen LogP contribution in [0, 0.1) is 0 Å². The molecule has 0 aliphatic heterocycles. The SMILES string of the molecule is CC/C=C\C/C=C\C/C=C\C/C=C\C/C=C\C/C=C\CCC(=O)NC(CO)(C(=O)OCCC)C(O)CCCNC(=O)C(C)(C)Oc1ccc(C(=O)c2ccc(Cl)cc2)cc1. The molecule has 0 aliphatic carbocycles. The second-order valence-electron chi connectivity index (χ2n) is 14.7. The highest BCUT2D eigenvalue weighted by Gasteiger charge is 2.47. The van der Waals surface area contributed by atoms with E-state index in [1.165, 1.54) is 0 Å². The highest BCUT2D eigenvalue weighted by molar-refractivity contribution is 6.30. The van der Waals surface area contributed by atoms with Crippen LogP contribution in [0.15, 0.2) is 121 Å². The molecule has 11 heteroatoms. The molecule has 0 aliphatic rings. The van der Waals surface area contributed by atoms with Gasteiger partial charge in [0.25, 0.3) is 5.91 Å². The van der Waals surface area contributed by atoms with Crippen molar-refractivity contribution in [3.63, 3.8) is 0 Å². The molecule has 0 radical (unpaired) electrons. The summed E-state index contributed by atoms with van der Waals surface area (Å²) in [7, 11) is 0. The molecule has 0 aromatic heterocycles. The van der Waals surface area contributed by atoms with Crippen LogP contribution < -0.4 is 15.4 Å². The van der Waals surface area contributed by atoms with Gasteiger partial charge in [0.15, 0.2) is 16.9 Å². The minimum atomic E-state index is -2.07. The lowest BCUT2D eigenvalue weighted by Crippen LogP contribution is -2.65. The van der Waals surface area contributed by atoms with Crippen LogP contribution in [0.4, 0.5) is 0 Å². The Morgan fingerprint density at radius 1 is 0.750 bits per heavy atom. The van der Waals surface area contributed by atoms with E-state index in [0.29, 0.717) is 41.2 Å². The first-order chi connectivity index (χ1) is 28.9. The van der Waals surface area contributed by atoms with Crippen molar-refractivity contribution in [2.24, 2.45) is 0 Å². The van der Waals surface area contributed by atoms with Crippen LogP contribution in [0.25, 0.3) is 0 Å². The highest BCUT2D eigenvalue weighted by atomic mass is 35.5. The second-order valence-corrected chi connectivity index (χ2v) is 15.1. The number of ketones is 1. The maximum Gasteiger partial charge on any atom is 0.337 e. The molecule has 0 bridgehead atoms. The number of ether oxygens (including phenoxy) is 2. The molecule has 0 heterocycles. The third kappa shape index (κ3) is 19.4. The average molecular weight is 846 g/mol. The van der Waals surface area contributed by atoms with Crippen molar-refractivity contribution in [2.75, 3.05) is 19.8 Å². The van der Waals surface area contributed by atoms with Crippen LogP contribution in [0.5, 0.6) is 5.75 Å². The summed E-state index contributed by atoms with van der Waals surface area (Å²) in [5, 5.41) is 27.5. The Labute approximate surface area is 362 Å². The number of benzene rings is 2. The number of carbonyl (C=O) groups is 4. The highest BCUT2D eigenvalue weighted by Crippen LogP contribution is 2.22. The zero-order valence-corrected chi connectivity index (χ0v) is 36.5. The molecule has 4 N–H and O–H groups in total. The maximum atomic E-state index is 13.2. The van der Waals surface area contributed by atoms with E-state index in [0.717, 1.165) is 32.1 Å². The molecule has 326 valence electrons. The Hall–Kier alpha value is -5.03. The summed E-state index contributed by atoms with van der Waals surface area (Å²) < 4.78 is 11.2. The summed E-state index contributed by atoms with van der Waals surface area (Å²) in [6.45, 7) is 6.42. The molecule has 0 spiro atoms. The minimum Gasteiger partial charge on any atom is -0.478 e. The Bertz CT molecular complexity index is 1780. The maximum absolute atomic E-state index is 13.2. The fraction of sp³-hybridized carbons (Fsp3) is 0.429. The topological polar surface area (TPSA) is 151 Å². The largest absolute Gasteiger partial charge is 0.478 e. The van der Waals surface area contributed by atoms with E-state index < -0.39 is 41.6 Å². The van der Waals surface area contributed by atoms with E-state index in [9.17, 15) is 29.4 Å². The van der Waals surface area contributed by atoms with Gasteiger partial charge in [0.05, 0.1) is 19.3 Å². The molecule has 2 rings (SSSR count). The number of carbonyl (C=O) groups excluding carboxylic acids is 4. The zero-order chi connectivity index (χ0) is 44.1. The third-order valence-corrected chi connectivity index (χ3v) is 9.45. The molecule has 0 saturated heterocycles. The number of halogens is 1. The number of aliphatic hydroxyl groups excluding tert-OH is 2. The van der Waals surface area contributed by atoms with E-state index >= 15 is 0 Å². The fourth-order valence-electron chi connectivity index (χ4n) is 5.71. The number of esters is 1. The van der Waals surface area contributed by atoms with Gasteiger partial charge >= 0.3 is 5.97 Å². The summed E-state index contributed by atoms with van der Waals surface area (Å²) in [6, 6.07) is 13.0. The molecular weight excluding hydrogens is 780 g/mol. The molecule has 2 aromatic carbocycles. The van der Waals surface area contributed by atoms with Gasteiger partial charge in [-0.1, -0.05) is 98.4 Å². The molecule has 10 nitrogen and oxygen atoms in total. The van der Waals surface area contributed by atoms with Crippen LogP contribution in [0.3, 0.4) is 0 Å². The van der Waals surface area contributed by atoms with Gasteiger partial charge in [-0.3, -0.25) is 14.4 Å². The molecule has 2 amide bonds. The van der Waals surface area contributed by atoms with Gasteiger partial charge < -0.3 is 30.3 Å². The lowest BCUT2D eigenvalue weighted by atomic mass is 9.89. The van der Waals surface area contributed by atoms with Crippen molar-refractivity contribution >= 4 is 35.2 Å². The molecule has 60 heavy (non-hydrogen) atoms. The normalized spacial score (nSPS) is 13.8. The van der Waals surface area contributed by atoms with Gasteiger partial charge in [-0.25, -0.2) is 4.79 Å². The molecule has 0 fully saturated rings. The molecule has 0 saturated carbocycles. The van der Waals surface area contributed by atoms with Crippen molar-refractivity contribution in [3.05, 3.63) is 138 Å². The van der Waals surface area contributed by atoms with Gasteiger partial charge in [-0.05, 0) is 127 Å². The number of rotatable bonds is 29. The van der Waals surface area contributed by atoms with Crippen LogP contribution in [-0.4, -0.2) is 70.8 Å².